The van der Waals surface area contributed by atoms with Gasteiger partial charge in [0.1, 0.15) is 5.69 Å². The molecule has 2 aromatic heterocycles. The van der Waals surface area contributed by atoms with Crippen molar-refractivity contribution in [1.29, 1.82) is 0 Å². The molecule has 5 rings (SSSR count). The molecule has 0 saturated carbocycles. The number of carboxylic acid groups (broad SMARTS) is 1. The zero-order valence-electron chi connectivity index (χ0n) is 14.8. The molecule has 0 amide bonds. The van der Waals surface area contributed by atoms with Crippen LogP contribution in [-0.4, -0.2) is 21.0 Å². The van der Waals surface area contributed by atoms with Crippen molar-refractivity contribution >= 4 is 16.7 Å². The van der Waals surface area contributed by atoms with Crippen LogP contribution in [0.15, 0.2) is 73.1 Å². The molecular weight excluding hydrogens is 557 g/mol. The minimum absolute atomic E-state index is 0. The maximum absolute atomic E-state index is 14.6. The monoisotopic (exact) mass is 570 g/mol. The molecule has 0 bridgehead atoms. The van der Waals surface area contributed by atoms with Crippen LogP contribution in [0.1, 0.15) is 21.6 Å². The zero-order chi connectivity index (χ0) is 19.7. The molecule has 1 aliphatic rings. The summed E-state index contributed by atoms with van der Waals surface area (Å²) in [7, 11) is 0. The minimum Gasteiger partial charge on any atom is -0.477 e. The van der Waals surface area contributed by atoms with E-state index < -0.39 is 11.9 Å². The first-order valence-electron chi connectivity index (χ1n) is 8.42. The molecule has 1 aliphatic carbocycles. The summed E-state index contributed by atoms with van der Waals surface area (Å²) < 4.78 is 29.2. The maximum atomic E-state index is 14.6. The SMILES string of the molecule is FC1(F)c2ccc[c-]c2-c2nccc3cccc1c23.O=C(O)c1ccccn1.[Pt]. The van der Waals surface area contributed by atoms with E-state index in [1.165, 1.54) is 24.4 Å². The second-order valence-corrected chi connectivity index (χ2v) is 6.12. The van der Waals surface area contributed by atoms with Crippen LogP contribution in [0.5, 0.6) is 0 Å². The molecule has 0 aliphatic heterocycles. The van der Waals surface area contributed by atoms with Crippen LogP contribution in [0.25, 0.3) is 22.0 Å². The summed E-state index contributed by atoms with van der Waals surface area (Å²) in [6, 6.07) is 19.1. The summed E-state index contributed by atoms with van der Waals surface area (Å²) in [4.78, 5) is 18.0. The molecule has 0 saturated heterocycles. The van der Waals surface area contributed by atoms with Gasteiger partial charge >= 0.3 is 5.97 Å². The first-order chi connectivity index (χ1) is 13.5. The number of alkyl halides is 2. The third-order valence-electron chi connectivity index (χ3n) is 4.44. The molecule has 4 aromatic rings. The maximum Gasteiger partial charge on any atom is 0.354 e. The first kappa shape index (κ1) is 20.7. The van der Waals surface area contributed by atoms with Gasteiger partial charge in [0, 0.05) is 39.0 Å². The Morgan fingerprint density at radius 2 is 1.72 bits per heavy atom. The molecule has 4 nitrogen and oxygen atoms in total. The molecule has 0 spiro atoms. The fourth-order valence-corrected chi connectivity index (χ4v) is 3.21. The average molecular weight is 570 g/mol. The van der Waals surface area contributed by atoms with E-state index in [4.69, 9.17) is 5.11 Å². The quantitative estimate of drug-likeness (QED) is 0.330. The Hall–Kier alpha value is -2.98. The van der Waals surface area contributed by atoms with Crippen molar-refractivity contribution in [3.8, 4) is 11.3 Å². The Labute approximate surface area is 179 Å². The Morgan fingerprint density at radius 1 is 0.931 bits per heavy atom. The number of fused-ring (bicyclic) bond motifs is 2. The average Bonchev–Trinajstić information content (AvgIpc) is 2.73. The second kappa shape index (κ2) is 8.17. The van der Waals surface area contributed by atoms with Gasteiger partial charge in [-0.15, -0.1) is 29.8 Å². The van der Waals surface area contributed by atoms with E-state index in [0.29, 0.717) is 16.6 Å². The van der Waals surface area contributed by atoms with Crippen molar-refractivity contribution in [1.82, 2.24) is 9.97 Å². The van der Waals surface area contributed by atoms with Gasteiger partial charge in [-0.3, -0.25) is 0 Å². The number of carboxylic acids is 1. The first-order valence-corrected chi connectivity index (χ1v) is 8.42. The van der Waals surface area contributed by atoms with Gasteiger partial charge in [-0.1, -0.05) is 29.8 Å². The molecule has 7 heteroatoms. The fraction of sp³-hybridized carbons (Fsp3) is 0.0455. The van der Waals surface area contributed by atoms with Gasteiger partial charge in [0.05, 0.1) is 0 Å². The Bertz CT molecular complexity index is 1180. The van der Waals surface area contributed by atoms with Crippen molar-refractivity contribution < 1.29 is 39.7 Å². The van der Waals surface area contributed by atoms with Crippen molar-refractivity contribution in [2.75, 3.05) is 0 Å². The number of rotatable bonds is 1. The molecule has 2 heterocycles. The van der Waals surface area contributed by atoms with Crippen LogP contribution in [0.2, 0.25) is 0 Å². The van der Waals surface area contributed by atoms with Crippen molar-refractivity contribution in [3.05, 3.63) is 95.9 Å². The van der Waals surface area contributed by atoms with Gasteiger partial charge in [-0.25, -0.2) is 18.6 Å². The Morgan fingerprint density at radius 3 is 2.41 bits per heavy atom. The number of halogens is 2. The molecule has 1 N–H and O–H groups in total. The van der Waals surface area contributed by atoms with Crippen LogP contribution < -0.4 is 0 Å². The number of benzene rings is 2. The van der Waals surface area contributed by atoms with Gasteiger partial charge in [0.15, 0.2) is 0 Å². The van der Waals surface area contributed by atoms with Gasteiger partial charge in [-0.2, -0.15) is 0 Å². The summed E-state index contributed by atoms with van der Waals surface area (Å²) >= 11 is 0. The van der Waals surface area contributed by atoms with E-state index >= 15 is 0 Å². The van der Waals surface area contributed by atoms with E-state index in [0.717, 1.165) is 5.39 Å². The van der Waals surface area contributed by atoms with Crippen LogP contribution in [0.4, 0.5) is 8.78 Å². The van der Waals surface area contributed by atoms with E-state index in [1.807, 2.05) is 6.07 Å². The third kappa shape index (κ3) is 3.68. The van der Waals surface area contributed by atoms with Crippen molar-refractivity contribution in [2.24, 2.45) is 0 Å². The second-order valence-electron chi connectivity index (χ2n) is 6.12. The largest absolute Gasteiger partial charge is 0.477 e. The summed E-state index contributed by atoms with van der Waals surface area (Å²) in [5, 5.41) is 9.64. The van der Waals surface area contributed by atoms with Crippen molar-refractivity contribution in [3.63, 3.8) is 0 Å². The van der Waals surface area contributed by atoms with Crippen LogP contribution in [0.3, 0.4) is 0 Å². The predicted molar refractivity (Wildman–Crippen MR) is 100 cm³/mol. The molecule has 0 fully saturated rings. The summed E-state index contributed by atoms with van der Waals surface area (Å²) in [6.07, 6.45) is 3.10. The molecular formula is C22H13F2N2O2Pt-. The fourth-order valence-electron chi connectivity index (χ4n) is 3.21. The third-order valence-corrected chi connectivity index (χ3v) is 4.44. The standard InChI is InChI=1S/C16H8F2N.C6H5NO2.Pt/c17-16(18)12-6-2-1-5-11(12)15-14-10(8-9-19-15)4-3-7-13(14)16;8-6(9)5-3-1-2-4-7-5;/h1-4,6-9H;1-4H,(H,8,9);/q-1;;. The smallest absolute Gasteiger partial charge is 0.354 e. The van der Waals surface area contributed by atoms with E-state index in [9.17, 15) is 13.6 Å². The van der Waals surface area contributed by atoms with Gasteiger partial charge in [0.25, 0.3) is 5.92 Å². The molecule has 29 heavy (non-hydrogen) atoms. The minimum atomic E-state index is -3.00. The molecule has 148 valence electrons. The van der Waals surface area contributed by atoms with Gasteiger partial charge < -0.3 is 10.1 Å². The number of nitrogens with zero attached hydrogens (tertiary/aromatic N) is 2. The number of hydrogen-bond acceptors (Lipinski definition) is 3. The zero-order valence-corrected chi connectivity index (χ0v) is 17.0. The summed E-state index contributed by atoms with van der Waals surface area (Å²) in [5.41, 5.74) is 1.08. The molecule has 0 atom stereocenters. The molecule has 0 unspecified atom stereocenters. The predicted octanol–water partition coefficient (Wildman–Crippen LogP) is 4.93. The van der Waals surface area contributed by atoms with Crippen LogP contribution in [-0.2, 0) is 27.0 Å². The van der Waals surface area contributed by atoms with E-state index in [-0.39, 0.29) is 37.9 Å². The van der Waals surface area contributed by atoms with Gasteiger partial charge in [-0.05, 0) is 34.7 Å². The summed E-state index contributed by atoms with van der Waals surface area (Å²) in [6.45, 7) is 0. The number of aromatic nitrogens is 2. The van der Waals surface area contributed by atoms with Crippen LogP contribution in [0, 0.1) is 6.07 Å². The topological polar surface area (TPSA) is 63.1 Å². The van der Waals surface area contributed by atoms with Crippen LogP contribution >= 0.6 is 0 Å². The summed E-state index contributed by atoms with van der Waals surface area (Å²) in [5.74, 6) is -3.99. The number of hydrogen-bond donors (Lipinski definition) is 1. The normalized spacial score (nSPS) is 12.8. The number of carbonyl (C=O) groups is 1. The number of aromatic carboxylic acids is 1. The molecule has 0 radical (unpaired) electrons. The van der Waals surface area contributed by atoms with E-state index in [1.54, 1.807) is 42.6 Å². The Kier molecular flexibility index (Phi) is 5.85. The van der Waals surface area contributed by atoms with E-state index in [2.05, 4.69) is 16.0 Å². The Balaban J connectivity index is 0.000000205. The van der Waals surface area contributed by atoms with Crippen molar-refractivity contribution in [2.45, 2.75) is 5.92 Å². The van der Waals surface area contributed by atoms with Gasteiger partial charge in [0.2, 0.25) is 0 Å². The molecule has 2 aromatic carbocycles. The number of pyridine rings is 2.